The molecule has 0 saturated carbocycles. The summed E-state index contributed by atoms with van der Waals surface area (Å²) in [6.07, 6.45) is 6.82. The molecule has 0 atom stereocenters. The molecule has 8 nitrogen and oxygen atoms in total. The summed E-state index contributed by atoms with van der Waals surface area (Å²) >= 11 is 0. The molecule has 0 bridgehead atoms. The lowest BCUT2D eigenvalue weighted by atomic mass is 10.1. The molecule has 28 heavy (non-hydrogen) atoms. The van der Waals surface area contributed by atoms with Crippen LogP contribution in [0.1, 0.15) is 47.5 Å². The van der Waals surface area contributed by atoms with Crippen LogP contribution < -0.4 is 10.6 Å². The molecule has 0 unspecified atom stereocenters. The molecule has 1 rings (SSSR count). The van der Waals surface area contributed by atoms with Gasteiger partial charge in [-0.3, -0.25) is 14.5 Å². The average molecular weight is 395 g/mol. The van der Waals surface area contributed by atoms with Crippen LogP contribution in [0.25, 0.3) is 0 Å². The molecule has 1 aliphatic heterocycles. The zero-order valence-corrected chi connectivity index (χ0v) is 17.8. The van der Waals surface area contributed by atoms with E-state index < -0.39 is 17.2 Å². The zero-order valence-electron chi connectivity index (χ0n) is 17.8. The van der Waals surface area contributed by atoms with E-state index >= 15 is 0 Å². The van der Waals surface area contributed by atoms with Crippen LogP contribution in [-0.4, -0.2) is 78.1 Å². The second kappa shape index (κ2) is 10.3. The van der Waals surface area contributed by atoms with E-state index in [9.17, 15) is 14.4 Å². The third kappa shape index (κ3) is 8.61. The molecule has 0 spiro atoms. The maximum Gasteiger partial charge on any atom is 0.408 e. The lowest BCUT2D eigenvalue weighted by Gasteiger charge is -2.28. The number of carbonyl (C=O) groups is 3. The standard InChI is InChI=1S/C20H34N4O4/c1-7-11-23(15-16(25)24-12-8-9-13-24)14-10-21-17(26)20(5,6)22-18(27)28-19(2,3)4/h1H,8-15H2,2-6H3,(H,21,26)(H,22,27). The van der Waals surface area contributed by atoms with Crippen LogP contribution in [0, 0.1) is 12.3 Å². The van der Waals surface area contributed by atoms with Crippen LogP contribution in [0.2, 0.25) is 0 Å². The highest BCUT2D eigenvalue weighted by Crippen LogP contribution is 2.10. The number of hydrogen-bond acceptors (Lipinski definition) is 5. The first-order valence-electron chi connectivity index (χ1n) is 9.67. The molecule has 3 amide bonds. The molecule has 0 radical (unpaired) electrons. The van der Waals surface area contributed by atoms with E-state index in [0.29, 0.717) is 19.6 Å². The van der Waals surface area contributed by atoms with Gasteiger partial charge in [0.2, 0.25) is 11.8 Å². The van der Waals surface area contributed by atoms with Crippen molar-refractivity contribution in [2.75, 3.05) is 39.3 Å². The summed E-state index contributed by atoms with van der Waals surface area (Å²) in [4.78, 5) is 40.3. The quantitative estimate of drug-likeness (QED) is 0.599. The van der Waals surface area contributed by atoms with Crippen molar-refractivity contribution in [3.05, 3.63) is 0 Å². The van der Waals surface area contributed by atoms with Crippen LogP contribution in [0.4, 0.5) is 4.79 Å². The Morgan fingerprint density at radius 1 is 1.14 bits per heavy atom. The third-order valence-corrected chi connectivity index (χ3v) is 4.23. The molecule has 0 aromatic heterocycles. The van der Waals surface area contributed by atoms with Crippen molar-refractivity contribution in [2.45, 2.75) is 58.6 Å². The van der Waals surface area contributed by atoms with E-state index in [1.807, 2.05) is 9.80 Å². The first kappa shape index (κ1) is 23.8. The maximum atomic E-state index is 12.4. The first-order valence-corrected chi connectivity index (χ1v) is 9.67. The monoisotopic (exact) mass is 394 g/mol. The summed E-state index contributed by atoms with van der Waals surface area (Å²) in [5.41, 5.74) is -1.78. The highest BCUT2D eigenvalue weighted by atomic mass is 16.6. The SMILES string of the molecule is C#CCN(CCNC(=O)C(C)(C)NC(=O)OC(C)(C)C)CC(=O)N1CCCC1. The maximum absolute atomic E-state index is 12.4. The first-order chi connectivity index (χ1) is 12.9. The Morgan fingerprint density at radius 2 is 1.75 bits per heavy atom. The van der Waals surface area contributed by atoms with Gasteiger partial charge in [0.1, 0.15) is 11.1 Å². The van der Waals surface area contributed by atoms with Crippen molar-refractivity contribution in [3.63, 3.8) is 0 Å². The lowest BCUT2D eigenvalue weighted by Crippen LogP contribution is -2.56. The minimum Gasteiger partial charge on any atom is -0.444 e. The van der Waals surface area contributed by atoms with E-state index in [-0.39, 0.29) is 18.4 Å². The summed E-state index contributed by atoms with van der Waals surface area (Å²) in [5.74, 6) is 2.27. The van der Waals surface area contributed by atoms with Crippen molar-refractivity contribution >= 4 is 17.9 Å². The fourth-order valence-corrected chi connectivity index (χ4v) is 2.76. The molecule has 0 aliphatic carbocycles. The van der Waals surface area contributed by atoms with Gasteiger partial charge in [0.05, 0.1) is 13.1 Å². The second-order valence-corrected chi connectivity index (χ2v) is 8.51. The Morgan fingerprint density at radius 3 is 2.29 bits per heavy atom. The smallest absolute Gasteiger partial charge is 0.408 e. The van der Waals surface area contributed by atoms with E-state index in [1.54, 1.807) is 34.6 Å². The third-order valence-electron chi connectivity index (χ3n) is 4.23. The number of carbonyl (C=O) groups excluding carboxylic acids is 3. The number of terminal acetylenes is 1. The highest BCUT2D eigenvalue weighted by Gasteiger charge is 2.31. The van der Waals surface area contributed by atoms with Crippen LogP contribution in [0.15, 0.2) is 0 Å². The fraction of sp³-hybridized carbons (Fsp3) is 0.750. The number of rotatable bonds is 8. The van der Waals surface area contributed by atoms with Gasteiger partial charge in [0.25, 0.3) is 0 Å². The molecule has 8 heteroatoms. The van der Waals surface area contributed by atoms with Gasteiger partial charge in [0, 0.05) is 26.2 Å². The van der Waals surface area contributed by atoms with Crippen molar-refractivity contribution in [3.8, 4) is 12.3 Å². The number of alkyl carbamates (subject to hydrolysis) is 1. The van der Waals surface area contributed by atoms with E-state index in [4.69, 9.17) is 11.2 Å². The van der Waals surface area contributed by atoms with Crippen LogP contribution in [0.3, 0.4) is 0 Å². The summed E-state index contributed by atoms with van der Waals surface area (Å²) in [6, 6.07) is 0. The minimum absolute atomic E-state index is 0.0611. The predicted molar refractivity (Wildman–Crippen MR) is 108 cm³/mol. The Bertz CT molecular complexity index is 598. The molecule has 1 aliphatic rings. The van der Waals surface area contributed by atoms with Gasteiger partial charge in [-0.1, -0.05) is 5.92 Å². The minimum atomic E-state index is -1.13. The Kier molecular flexibility index (Phi) is 8.76. The van der Waals surface area contributed by atoms with Crippen LogP contribution in [0.5, 0.6) is 0 Å². The predicted octanol–water partition coefficient (Wildman–Crippen LogP) is 0.964. The Hall–Kier alpha value is -2.27. The van der Waals surface area contributed by atoms with Crippen molar-refractivity contribution < 1.29 is 19.1 Å². The topological polar surface area (TPSA) is 91.0 Å². The number of hydrogen-bond donors (Lipinski definition) is 2. The van der Waals surface area contributed by atoms with Gasteiger partial charge in [-0.25, -0.2) is 4.79 Å². The molecule has 1 saturated heterocycles. The second-order valence-electron chi connectivity index (χ2n) is 8.51. The molecular formula is C20H34N4O4. The molecule has 2 N–H and O–H groups in total. The molecule has 0 aromatic carbocycles. The Balaban J connectivity index is 2.46. The number of nitrogens with zero attached hydrogens (tertiary/aromatic N) is 2. The number of amides is 3. The molecular weight excluding hydrogens is 360 g/mol. The summed E-state index contributed by atoms with van der Waals surface area (Å²) in [5, 5.41) is 5.34. The molecule has 158 valence electrons. The van der Waals surface area contributed by atoms with E-state index in [1.165, 1.54) is 0 Å². The van der Waals surface area contributed by atoms with Gasteiger partial charge in [0.15, 0.2) is 0 Å². The van der Waals surface area contributed by atoms with Gasteiger partial charge < -0.3 is 20.3 Å². The van der Waals surface area contributed by atoms with Crippen LogP contribution >= 0.6 is 0 Å². The molecule has 1 fully saturated rings. The average Bonchev–Trinajstić information content (AvgIpc) is 3.06. The normalized spacial score (nSPS) is 14.5. The highest BCUT2D eigenvalue weighted by molar-refractivity contribution is 5.89. The van der Waals surface area contributed by atoms with E-state index in [0.717, 1.165) is 25.9 Å². The van der Waals surface area contributed by atoms with Crippen molar-refractivity contribution in [2.24, 2.45) is 0 Å². The fourth-order valence-electron chi connectivity index (χ4n) is 2.76. The van der Waals surface area contributed by atoms with E-state index in [2.05, 4.69) is 16.6 Å². The van der Waals surface area contributed by atoms with Gasteiger partial charge in [-0.05, 0) is 47.5 Å². The van der Waals surface area contributed by atoms with Gasteiger partial charge >= 0.3 is 6.09 Å². The molecule has 1 heterocycles. The summed E-state index contributed by atoms with van der Waals surface area (Å²) in [7, 11) is 0. The van der Waals surface area contributed by atoms with Gasteiger partial charge in [-0.15, -0.1) is 6.42 Å². The number of likely N-dealkylation sites (tertiary alicyclic amines) is 1. The summed E-state index contributed by atoms with van der Waals surface area (Å²) < 4.78 is 5.19. The van der Waals surface area contributed by atoms with Crippen molar-refractivity contribution in [1.82, 2.24) is 20.4 Å². The number of nitrogens with one attached hydrogen (secondary N) is 2. The number of ether oxygens (including phenoxy) is 1. The largest absolute Gasteiger partial charge is 0.444 e. The molecule has 0 aromatic rings. The lowest BCUT2D eigenvalue weighted by molar-refractivity contribution is -0.131. The Labute approximate surface area is 168 Å². The zero-order chi connectivity index (χ0) is 21.4. The van der Waals surface area contributed by atoms with Crippen LogP contribution in [-0.2, 0) is 14.3 Å². The van der Waals surface area contributed by atoms with Crippen molar-refractivity contribution in [1.29, 1.82) is 0 Å². The van der Waals surface area contributed by atoms with Gasteiger partial charge in [-0.2, -0.15) is 0 Å². The summed E-state index contributed by atoms with van der Waals surface area (Å²) in [6.45, 7) is 11.4.